The maximum atomic E-state index is 12.3. The molecule has 5 heteroatoms. The number of nitrogens with zero attached hydrogens (tertiary/aromatic N) is 1. The molecule has 0 spiro atoms. The van der Waals surface area contributed by atoms with Gasteiger partial charge in [0.05, 0.1) is 0 Å². The van der Waals surface area contributed by atoms with E-state index in [1.165, 1.54) is 6.20 Å². The fraction of sp³-hybridized carbons (Fsp3) is 0.444. The Morgan fingerprint density at radius 3 is 2.79 bits per heavy atom. The van der Waals surface area contributed by atoms with Crippen molar-refractivity contribution in [3.63, 3.8) is 0 Å². The highest BCUT2D eigenvalue weighted by Gasteiger charge is 2.33. The van der Waals surface area contributed by atoms with Crippen LogP contribution in [0.5, 0.6) is 0 Å². The Hall–Kier alpha value is -1.10. The van der Waals surface area contributed by atoms with Gasteiger partial charge in [0.25, 0.3) is 0 Å². The lowest BCUT2D eigenvalue weighted by Crippen LogP contribution is -2.24. The molecular weight excluding hydrogens is 193 g/mol. The molecular formula is C9H9F3N2. The number of fused-ring (bicyclic) bond motifs is 1. The average Bonchev–Trinajstić information content (AvgIpc) is 2.16. The van der Waals surface area contributed by atoms with Crippen LogP contribution in [0.25, 0.3) is 0 Å². The normalized spacial score (nSPS) is 16.5. The summed E-state index contributed by atoms with van der Waals surface area (Å²) >= 11 is 0. The second-order valence-electron chi connectivity index (χ2n) is 3.26. The number of hydrogen-bond donors (Lipinski definition) is 1. The molecule has 76 valence electrons. The third-order valence-corrected chi connectivity index (χ3v) is 2.26. The van der Waals surface area contributed by atoms with E-state index in [-0.39, 0.29) is 0 Å². The highest BCUT2D eigenvalue weighted by atomic mass is 19.4. The largest absolute Gasteiger partial charge is 0.433 e. The Labute approximate surface area is 79.2 Å². The maximum Gasteiger partial charge on any atom is 0.433 e. The van der Waals surface area contributed by atoms with Gasteiger partial charge in [-0.25, -0.2) is 0 Å². The van der Waals surface area contributed by atoms with Crippen LogP contribution in [0.3, 0.4) is 0 Å². The molecule has 0 atom stereocenters. The van der Waals surface area contributed by atoms with Crippen LogP contribution in [0.15, 0.2) is 12.3 Å². The van der Waals surface area contributed by atoms with Crippen molar-refractivity contribution >= 4 is 0 Å². The SMILES string of the molecule is FC(F)(F)c1cc2c(cn1)CNCC2. The van der Waals surface area contributed by atoms with Crippen molar-refractivity contribution < 1.29 is 13.2 Å². The van der Waals surface area contributed by atoms with Gasteiger partial charge in [0.1, 0.15) is 5.69 Å². The molecule has 0 unspecified atom stereocenters. The number of nitrogens with one attached hydrogen (secondary N) is 1. The number of rotatable bonds is 0. The van der Waals surface area contributed by atoms with E-state index in [2.05, 4.69) is 10.3 Å². The summed E-state index contributed by atoms with van der Waals surface area (Å²) < 4.78 is 36.8. The summed E-state index contributed by atoms with van der Waals surface area (Å²) in [6.07, 6.45) is -2.38. The molecule has 1 aliphatic heterocycles. The lowest BCUT2D eigenvalue weighted by molar-refractivity contribution is -0.141. The monoisotopic (exact) mass is 202 g/mol. The van der Waals surface area contributed by atoms with Gasteiger partial charge < -0.3 is 5.32 Å². The third-order valence-electron chi connectivity index (χ3n) is 2.26. The first kappa shape index (κ1) is 9.45. The van der Waals surface area contributed by atoms with E-state index in [4.69, 9.17) is 0 Å². The number of alkyl halides is 3. The van der Waals surface area contributed by atoms with E-state index in [0.717, 1.165) is 23.7 Å². The van der Waals surface area contributed by atoms with Crippen LogP contribution < -0.4 is 5.32 Å². The smallest absolute Gasteiger partial charge is 0.312 e. The van der Waals surface area contributed by atoms with Crippen molar-refractivity contribution in [2.45, 2.75) is 19.1 Å². The molecule has 0 amide bonds. The molecule has 2 nitrogen and oxygen atoms in total. The molecule has 1 aromatic heterocycles. The molecule has 2 heterocycles. The van der Waals surface area contributed by atoms with Crippen LogP contribution in [0.2, 0.25) is 0 Å². The second kappa shape index (κ2) is 3.24. The molecule has 0 fully saturated rings. The zero-order chi connectivity index (χ0) is 10.2. The predicted molar refractivity (Wildman–Crippen MR) is 44.6 cm³/mol. The number of hydrogen-bond acceptors (Lipinski definition) is 2. The lowest BCUT2D eigenvalue weighted by Gasteiger charge is -2.17. The summed E-state index contributed by atoms with van der Waals surface area (Å²) in [5, 5.41) is 3.08. The van der Waals surface area contributed by atoms with E-state index in [9.17, 15) is 13.2 Å². The molecule has 0 bridgehead atoms. The van der Waals surface area contributed by atoms with Gasteiger partial charge in [0, 0.05) is 12.7 Å². The van der Waals surface area contributed by atoms with Gasteiger partial charge in [-0.3, -0.25) is 4.98 Å². The third kappa shape index (κ3) is 1.72. The van der Waals surface area contributed by atoms with Gasteiger partial charge in [0.2, 0.25) is 0 Å². The minimum absolute atomic E-state index is 0.612. The topological polar surface area (TPSA) is 24.9 Å². The first-order valence-corrected chi connectivity index (χ1v) is 4.33. The number of halogens is 3. The van der Waals surface area contributed by atoms with E-state index in [0.29, 0.717) is 13.0 Å². The molecule has 1 aliphatic rings. The zero-order valence-electron chi connectivity index (χ0n) is 7.36. The summed E-state index contributed by atoms with van der Waals surface area (Å²) in [5.74, 6) is 0. The molecule has 0 saturated carbocycles. The predicted octanol–water partition coefficient (Wildman–Crippen LogP) is 1.75. The molecule has 1 aromatic rings. The highest BCUT2D eigenvalue weighted by molar-refractivity contribution is 5.29. The van der Waals surface area contributed by atoms with E-state index >= 15 is 0 Å². The Morgan fingerprint density at radius 2 is 2.07 bits per heavy atom. The molecule has 0 saturated heterocycles. The quantitative estimate of drug-likeness (QED) is 0.693. The zero-order valence-corrected chi connectivity index (χ0v) is 7.36. The minimum Gasteiger partial charge on any atom is -0.312 e. The molecule has 0 aromatic carbocycles. The molecule has 14 heavy (non-hydrogen) atoms. The Morgan fingerprint density at radius 1 is 1.29 bits per heavy atom. The summed E-state index contributed by atoms with van der Waals surface area (Å²) in [5.41, 5.74) is 0.827. The Bertz CT molecular complexity index is 346. The Kier molecular flexibility index (Phi) is 2.19. The fourth-order valence-corrected chi connectivity index (χ4v) is 1.52. The fourth-order valence-electron chi connectivity index (χ4n) is 1.52. The standard InChI is InChI=1S/C9H9F3N2/c10-9(11,12)8-3-6-1-2-13-4-7(6)5-14-8/h3,5,13H,1-2,4H2. The first-order chi connectivity index (χ1) is 6.57. The van der Waals surface area contributed by atoms with E-state index in [1.54, 1.807) is 0 Å². The van der Waals surface area contributed by atoms with Crippen molar-refractivity contribution in [2.75, 3.05) is 6.54 Å². The van der Waals surface area contributed by atoms with Crippen molar-refractivity contribution in [1.29, 1.82) is 0 Å². The van der Waals surface area contributed by atoms with Gasteiger partial charge in [-0.1, -0.05) is 0 Å². The van der Waals surface area contributed by atoms with Gasteiger partial charge in [-0.15, -0.1) is 0 Å². The van der Waals surface area contributed by atoms with Gasteiger partial charge >= 0.3 is 6.18 Å². The van der Waals surface area contributed by atoms with Crippen LogP contribution in [0, 0.1) is 0 Å². The Balaban J connectivity index is 2.39. The van der Waals surface area contributed by atoms with E-state index < -0.39 is 11.9 Å². The van der Waals surface area contributed by atoms with Crippen LogP contribution in [0.4, 0.5) is 13.2 Å². The van der Waals surface area contributed by atoms with Crippen molar-refractivity contribution in [1.82, 2.24) is 10.3 Å². The highest BCUT2D eigenvalue weighted by Crippen LogP contribution is 2.29. The molecule has 1 N–H and O–H groups in total. The molecule has 0 radical (unpaired) electrons. The second-order valence-corrected chi connectivity index (χ2v) is 3.26. The van der Waals surface area contributed by atoms with Crippen LogP contribution in [0.1, 0.15) is 16.8 Å². The van der Waals surface area contributed by atoms with Gasteiger partial charge in [0.15, 0.2) is 0 Å². The molecule has 2 rings (SSSR count). The summed E-state index contributed by atoms with van der Waals surface area (Å²) in [6, 6.07) is 1.15. The van der Waals surface area contributed by atoms with Crippen LogP contribution in [-0.4, -0.2) is 11.5 Å². The molecule has 0 aliphatic carbocycles. The summed E-state index contributed by atoms with van der Waals surface area (Å²) in [4.78, 5) is 3.40. The van der Waals surface area contributed by atoms with Gasteiger partial charge in [-0.05, 0) is 30.2 Å². The maximum absolute atomic E-state index is 12.3. The average molecular weight is 202 g/mol. The first-order valence-electron chi connectivity index (χ1n) is 4.33. The summed E-state index contributed by atoms with van der Waals surface area (Å²) in [6.45, 7) is 1.34. The lowest BCUT2D eigenvalue weighted by atomic mass is 10.0. The van der Waals surface area contributed by atoms with Crippen molar-refractivity contribution in [3.8, 4) is 0 Å². The number of aromatic nitrogens is 1. The van der Waals surface area contributed by atoms with Crippen LogP contribution in [-0.2, 0) is 19.1 Å². The van der Waals surface area contributed by atoms with E-state index in [1.807, 2.05) is 0 Å². The number of pyridine rings is 1. The van der Waals surface area contributed by atoms with Crippen LogP contribution >= 0.6 is 0 Å². The van der Waals surface area contributed by atoms with Crippen molar-refractivity contribution in [2.24, 2.45) is 0 Å². The minimum atomic E-state index is -4.33. The van der Waals surface area contributed by atoms with Gasteiger partial charge in [-0.2, -0.15) is 13.2 Å². The van der Waals surface area contributed by atoms with Crippen molar-refractivity contribution in [3.05, 3.63) is 29.1 Å². The summed E-state index contributed by atoms with van der Waals surface area (Å²) in [7, 11) is 0.